The van der Waals surface area contributed by atoms with Gasteiger partial charge in [0.1, 0.15) is 5.44 Å². The van der Waals surface area contributed by atoms with E-state index in [0.29, 0.717) is 5.44 Å². The number of benzene rings is 2. The molecule has 2 aromatic carbocycles. The largest absolute Gasteiger partial charge is 0.360 e. The fourth-order valence-electron chi connectivity index (χ4n) is 3.11. The van der Waals surface area contributed by atoms with Gasteiger partial charge < -0.3 is 4.74 Å². The van der Waals surface area contributed by atoms with Crippen LogP contribution in [0.4, 0.5) is 0 Å². The Balaban J connectivity index is 1.80. The molecule has 0 aromatic heterocycles. The van der Waals surface area contributed by atoms with Crippen molar-refractivity contribution in [2.75, 3.05) is 6.26 Å². The van der Waals surface area contributed by atoms with Crippen LogP contribution in [-0.2, 0) is 11.2 Å². The molecule has 3 heteroatoms. The SMILES string of the molecule is CS[C@@H]1CCC[C@@H](c2ccc(C)c(Cc3ccc(Cl)cc3)c2)O1. The molecule has 2 atom stereocenters. The van der Waals surface area contributed by atoms with Crippen molar-refractivity contribution in [3.8, 4) is 0 Å². The van der Waals surface area contributed by atoms with Crippen LogP contribution in [-0.4, -0.2) is 11.7 Å². The van der Waals surface area contributed by atoms with E-state index in [0.717, 1.165) is 17.9 Å². The van der Waals surface area contributed by atoms with E-state index in [2.05, 4.69) is 43.5 Å². The summed E-state index contributed by atoms with van der Waals surface area (Å²) < 4.78 is 6.23. The van der Waals surface area contributed by atoms with Crippen LogP contribution in [0.1, 0.15) is 47.6 Å². The van der Waals surface area contributed by atoms with E-state index in [1.54, 1.807) is 0 Å². The van der Waals surface area contributed by atoms with Gasteiger partial charge in [0.05, 0.1) is 6.10 Å². The quantitative estimate of drug-likeness (QED) is 0.654. The van der Waals surface area contributed by atoms with Gasteiger partial charge in [-0.15, -0.1) is 11.8 Å². The molecule has 0 saturated carbocycles. The fraction of sp³-hybridized carbons (Fsp3) is 0.400. The average molecular weight is 347 g/mol. The minimum Gasteiger partial charge on any atom is -0.360 e. The highest BCUT2D eigenvalue weighted by Crippen LogP contribution is 2.35. The third kappa shape index (κ3) is 4.32. The van der Waals surface area contributed by atoms with Crippen LogP contribution in [0.2, 0.25) is 5.02 Å². The highest BCUT2D eigenvalue weighted by Gasteiger charge is 2.23. The molecule has 0 unspecified atom stereocenters. The summed E-state index contributed by atoms with van der Waals surface area (Å²) in [6, 6.07) is 14.9. The number of thioether (sulfide) groups is 1. The maximum Gasteiger partial charge on any atom is 0.103 e. The van der Waals surface area contributed by atoms with E-state index in [1.165, 1.54) is 35.1 Å². The predicted molar refractivity (Wildman–Crippen MR) is 100 cm³/mol. The van der Waals surface area contributed by atoms with Crippen molar-refractivity contribution in [1.29, 1.82) is 0 Å². The molecule has 23 heavy (non-hydrogen) atoms. The van der Waals surface area contributed by atoms with Gasteiger partial charge in [0.15, 0.2) is 0 Å². The third-order valence-corrected chi connectivity index (χ3v) is 5.66. The minimum atomic E-state index is 0.241. The van der Waals surface area contributed by atoms with Gasteiger partial charge in [0, 0.05) is 5.02 Å². The van der Waals surface area contributed by atoms with Crippen LogP contribution in [0.5, 0.6) is 0 Å². The Hall–Kier alpha value is -0.960. The highest BCUT2D eigenvalue weighted by atomic mass is 35.5. The molecule has 1 fully saturated rings. The maximum atomic E-state index is 6.23. The van der Waals surface area contributed by atoms with E-state index in [9.17, 15) is 0 Å². The Morgan fingerprint density at radius 2 is 1.91 bits per heavy atom. The first-order valence-corrected chi connectivity index (χ1v) is 9.84. The van der Waals surface area contributed by atoms with E-state index in [1.807, 2.05) is 23.9 Å². The van der Waals surface area contributed by atoms with Crippen LogP contribution < -0.4 is 0 Å². The lowest BCUT2D eigenvalue weighted by Crippen LogP contribution is -2.19. The summed E-state index contributed by atoms with van der Waals surface area (Å²) in [5.74, 6) is 0. The van der Waals surface area contributed by atoms with Crippen molar-refractivity contribution < 1.29 is 4.74 Å². The van der Waals surface area contributed by atoms with Gasteiger partial charge in [0.25, 0.3) is 0 Å². The molecule has 122 valence electrons. The zero-order valence-electron chi connectivity index (χ0n) is 13.7. The lowest BCUT2D eigenvalue weighted by atomic mass is 9.94. The molecular weight excluding hydrogens is 324 g/mol. The zero-order valence-corrected chi connectivity index (χ0v) is 15.3. The molecule has 0 spiro atoms. The molecule has 0 aliphatic carbocycles. The van der Waals surface area contributed by atoms with E-state index < -0.39 is 0 Å². The van der Waals surface area contributed by atoms with Crippen LogP contribution in [0, 0.1) is 6.92 Å². The molecule has 0 bridgehead atoms. The molecule has 0 amide bonds. The Bertz CT molecular complexity index is 653. The fourth-order valence-corrected chi connectivity index (χ4v) is 3.89. The second kappa shape index (κ2) is 7.74. The summed E-state index contributed by atoms with van der Waals surface area (Å²) in [6.45, 7) is 2.18. The van der Waals surface area contributed by atoms with Crippen molar-refractivity contribution in [2.45, 2.75) is 44.1 Å². The second-order valence-electron chi connectivity index (χ2n) is 6.21. The number of hydrogen-bond donors (Lipinski definition) is 0. The average Bonchev–Trinajstić information content (AvgIpc) is 2.59. The number of halogens is 1. The van der Waals surface area contributed by atoms with E-state index >= 15 is 0 Å². The molecule has 1 saturated heterocycles. The summed E-state index contributed by atoms with van der Waals surface area (Å²) in [5, 5.41) is 0.790. The second-order valence-corrected chi connectivity index (χ2v) is 7.64. The number of aryl methyl sites for hydroxylation is 1. The van der Waals surface area contributed by atoms with E-state index in [4.69, 9.17) is 16.3 Å². The maximum absolute atomic E-state index is 6.23. The van der Waals surface area contributed by atoms with Gasteiger partial charge in [-0.25, -0.2) is 0 Å². The van der Waals surface area contributed by atoms with Crippen LogP contribution in [0.25, 0.3) is 0 Å². The molecular formula is C20H23ClOS. The predicted octanol–water partition coefficient (Wildman–Crippen LogP) is 6.17. The normalized spacial score (nSPS) is 21.3. The molecule has 1 aliphatic heterocycles. The molecule has 0 N–H and O–H groups in total. The Morgan fingerprint density at radius 1 is 1.13 bits per heavy atom. The van der Waals surface area contributed by atoms with Gasteiger partial charge in [0.2, 0.25) is 0 Å². The zero-order chi connectivity index (χ0) is 16.2. The van der Waals surface area contributed by atoms with Crippen molar-refractivity contribution in [2.24, 2.45) is 0 Å². The van der Waals surface area contributed by atoms with Gasteiger partial charge in [-0.3, -0.25) is 0 Å². The smallest absolute Gasteiger partial charge is 0.103 e. The number of rotatable bonds is 4. The van der Waals surface area contributed by atoms with Crippen LogP contribution in [0.3, 0.4) is 0 Å². The Labute approximate surface area is 148 Å². The van der Waals surface area contributed by atoms with Gasteiger partial charge >= 0.3 is 0 Å². The number of ether oxygens (including phenoxy) is 1. The topological polar surface area (TPSA) is 9.23 Å². The van der Waals surface area contributed by atoms with Crippen molar-refractivity contribution in [3.05, 3.63) is 69.7 Å². The molecule has 3 rings (SSSR count). The summed E-state index contributed by atoms with van der Waals surface area (Å²) in [6.07, 6.45) is 6.85. The van der Waals surface area contributed by atoms with Gasteiger partial charge in [-0.05, 0) is 73.2 Å². The van der Waals surface area contributed by atoms with Crippen LogP contribution in [0.15, 0.2) is 42.5 Å². The monoisotopic (exact) mass is 346 g/mol. The van der Waals surface area contributed by atoms with Gasteiger partial charge in [-0.1, -0.05) is 41.9 Å². The summed E-state index contributed by atoms with van der Waals surface area (Å²) in [5.41, 5.74) is 5.66. The highest BCUT2D eigenvalue weighted by molar-refractivity contribution is 7.99. The first kappa shape index (κ1) is 16.9. The summed E-state index contributed by atoms with van der Waals surface area (Å²) in [7, 11) is 0. The standard InChI is InChI=1S/C20H23ClOS/c1-14-6-9-16(19-4-3-5-20(22-19)23-2)13-17(14)12-15-7-10-18(21)11-8-15/h6-11,13,19-20H,3-5,12H2,1-2H3/t19-,20+/m0/s1. The summed E-state index contributed by atoms with van der Waals surface area (Å²) >= 11 is 7.80. The summed E-state index contributed by atoms with van der Waals surface area (Å²) in [4.78, 5) is 0. The molecule has 1 heterocycles. The van der Waals surface area contributed by atoms with Crippen molar-refractivity contribution in [1.82, 2.24) is 0 Å². The lowest BCUT2D eigenvalue weighted by molar-refractivity contribution is -0.00495. The van der Waals surface area contributed by atoms with Crippen molar-refractivity contribution >= 4 is 23.4 Å². The lowest BCUT2D eigenvalue weighted by Gasteiger charge is -2.29. The first-order valence-electron chi connectivity index (χ1n) is 8.18. The number of hydrogen-bond acceptors (Lipinski definition) is 2. The van der Waals surface area contributed by atoms with Crippen molar-refractivity contribution in [3.63, 3.8) is 0 Å². The Morgan fingerprint density at radius 3 is 2.65 bits per heavy atom. The molecule has 1 nitrogen and oxygen atoms in total. The minimum absolute atomic E-state index is 0.241. The van der Waals surface area contributed by atoms with Crippen LogP contribution >= 0.6 is 23.4 Å². The first-order chi connectivity index (χ1) is 11.2. The van der Waals surface area contributed by atoms with Gasteiger partial charge in [-0.2, -0.15) is 0 Å². The third-order valence-electron chi connectivity index (χ3n) is 4.54. The Kier molecular flexibility index (Phi) is 5.68. The molecule has 1 aliphatic rings. The molecule has 0 radical (unpaired) electrons. The van der Waals surface area contributed by atoms with E-state index in [-0.39, 0.29) is 6.10 Å². The molecule has 2 aromatic rings.